The number of epoxide rings is 1. The van der Waals surface area contributed by atoms with Gasteiger partial charge in [0.25, 0.3) is 0 Å². The Labute approximate surface area is 96.6 Å². The molecule has 1 aromatic carbocycles. The van der Waals surface area contributed by atoms with Crippen molar-refractivity contribution in [1.29, 1.82) is 0 Å². The summed E-state index contributed by atoms with van der Waals surface area (Å²) in [5.74, 6) is 0.141. The van der Waals surface area contributed by atoms with Crippen molar-refractivity contribution in [2.45, 2.75) is 44.8 Å². The number of hydrogen-bond acceptors (Lipinski definition) is 2. The summed E-state index contributed by atoms with van der Waals surface area (Å²) in [6, 6.07) is 9.41. The predicted octanol–water partition coefficient (Wildman–Crippen LogP) is 3.22. The fourth-order valence-electron chi connectivity index (χ4n) is 1.96. The third-order valence-corrected chi connectivity index (χ3v) is 2.99. The normalized spacial score (nSPS) is 23.1. The number of unbranched alkanes of at least 4 members (excludes halogenated alkanes) is 2. The average Bonchev–Trinajstić information content (AvgIpc) is 3.09. The van der Waals surface area contributed by atoms with E-state index < -0.39 is 0 Å². The molecule has 1 heterocycles. The molecular weight excluding hydrogens is 200 g/mol. The van der Waals surface area contributed by atoms with E-state index >= 15 is 0 Å². The van der Waals surface area contributed by atoms with E-state index in [2.05, 4.69) is 6.92 Å². The van der Waals surface area contributed by atoms with Crippen LogP contribution in [0.4, 0.5) is 0 Å². The van der Waals surface area contributed by atoms with Crippen LogP contribution < -0.4 is 0 Å². The Morgan fingerprint density at radius 1 is 1.25 bits per heavy atom. The third kappa shape index (κ3) is 2.70. The molecule has 0 unspecified atom stereocenters. The molecule has 0 spiro atoms. The van der Waals surface area contributed by atoms with Gasteiger partial charge in [0.2, 0.25) is 0 Å². The summed E-state index contributed by atoms with van der Waals surface area (Å²) < 4.78 is 5.43. The van der Waals surface area contributed by atoms with Crippen LogP contribution in [0.3, 0.4) is 0 Å². The minimum Gasteiger partial charge on any atom is -0.361 e. The van der Waals surface area contributed by atoms with Crippen molar-refractivity contribution in [2.75, 3.05) is 0 Å². The van der Waals surface area contributed by atoms with Crippen LogP contribution in [0.5, 0.6) is 0 Å². The summed E-state index contributed by atoms with van der Waals surface area (Å²) in [4.78, 5) is 11.9. The van der Waals surface area contributed by atoms with E-state index in [9.17, 15) is 4.79 Å². The molecule has 0 aromatic heterocycles. The first-order valence-electron chi connectivity index (χ1n) is 6.07. The Bertz CT molecular complexity index is 345. The highest BCUT2D eigenvalue weighted by Gasteiger charge is 2.44. The van der Waals surface area contributed by atoms with Gasteiger partial charge in [0.15, 0.2) is 5.78 Å². The highest BCUT2D eigenvalue weighted by atomic mass is 16.6. The van der Waals surface area contributed by atoms with Crippen LogP contribution in [0, 0.1) is 0 Å². The summed E-state index contributed by atoms with van der Waals surface area (Å²) >= 11 is 0. The van der Waals surface area contributed by atoms with Crippen LogP contribution >= 0.6 is 0 Å². The first kappa shape index (κ1) is 11.3. The second kappa shape index (κ2) is 5.26. The van der Waals surface area contributed by atoms with Gasteiger partial charge in [-0.3, -0.25) is 4.79 Å². The standard InChI is InChI=1S/C14H18O2/c1-2-3-5-10-12-14(16-12)13(15)11-8-6-4-7-9-11/h4,6-9,12,14H,2-3,5,10H2,1H3/t12-,14+/m1/s1. The van der Waals surface area contributed by atoms with E-state index in [1.165, 1.54) is 19.3 Å². The van der Waals surface area contributed by atoms with Crippen molar-refractivity contribution in [1.82, 2.24) is 0 Å². The van der Waals surface area contributed by atoms with Crippen molar-refractivity contribution < 1.29 is 9.53 Å². The monoisotopic (exact) mass is 218 g/mol. The molecule has 16 heavy (non-hydrogen) atoms. The van der Waals surface area contributed by atoms with Gasteiger partial charge in [0.1, 0.15) is 6.10 Å². The lowest BCUT2D eigenvalue weighted by atomic mass is 10.0. The summed E-state index contributed by atoms with van der Waals surface area (Å²) in [6.07, 6.45) is 4.64. The fraction of sp³-hybridized carbons (Fsp3) is 0.500. The summed E-state index contributed by atoms with van der Waals surface area (Å²) in [6.45, 7) is 2.18. The van der Waals surface area contributed by atoms with Crippen molar-refractivity contribution >= 4 is 5.78 Å². The van der Waals surface area contributed by atoms with Gasteiger partial charge >= 0.3 is 0 Å². The van der Waals surface area contributed by atoms with E-state index in [0.29, 0.717) is 0 Å². The SMILES string of the molecule is CCCCC[C@H]1O[C@@H]1C(=O)c1ccccc1. The number of benzene rings is 1. The van der Waals surface area contributed by atoms with E-state index in [0.717, 1.165) is 12.0 Å². The number of carbonyl (C=O) groups is 1. The smallest absolute Gasteiger partial charge is 0.194 e. The molecule has 0 radical (unpaired) electrons. The number of Topliss-reactive ketones (excluding diaryl/α,β-unsaturated/α-hetero) is 1. The molecule has 2 rings (SSSR count). The maximum Gasteiger partial charge on any atom is 0.194 e. The first-order valence-corrected chi connectivity index (χ1v) is 6.07. The average molecular weight is 218 g/mol. The van der Waals surface area contributed by atoms with Gasteiger partial charge in [0, 0.05) is 5.56 Å². The van der Waals surface area contributed by atoms with Gasteiger partial charge < -0.3 is 4.74 Å². The molecule has 0 bridgehead atoms. The molecule has 2 heteroatoms. The molecular formula is C14H18O2. The minimum atomic E-state index is -0.167. The summed E-state index contributed by atoms with van der Waals surface area (Å²) in [7, 11) is 0. The Hall–Kier alpha value is -1.15. The van der Waals surface area contributed by atoms with Gasteiger partial charge in [-0.15, -0.1) is 0 Å². The quantitative estimate of drug-likeness (QED) is 0.417. The Kier molecular flexibility index (Phi) is 3.73. The highest BCUT2D eigenvalue weighted by Crippen LogP contribution is 2.30. The predicted molar refractivity (Wildman–Crippen MR) is 63.6 cm³/mol. The van der Waals surface area contributed by atoms with Gasteiger partial charge in [-0.25, -0.2) is 0 Å². The highest BCUT2D eigenvalue weighted by molar-refractivity contribution is 6.01. The summed E-state index contributed by atoms with van der Waals surface area (Å²) in [5.41, 5.74) is 0.769. The molecule has 1 saturated heterocycles. The van der Waals surface area contributed by atoms with E-state index in [-0.39, 0.29) is 18.0 Å². The largest absolute Gasteiger partial charge is 0.361 e. The molecule has 0 aliphatic carbocycles. The van der Waals surface area contributed by atoms with Gasteiger partial charge in [-0.05, 0) is 6.42 Å². The first-order chi connectivity index (χ1) is 7.83. The molecule has 86 valence electrons. The maximum absolute atomic E-state index is 11.9. The molecule has 1 aliphatic heterocycles. The van der Waals surface area contributed by atoms with Crippen molar-refractivity contribution in [3.63, 3.8) is 0 Å². The third-order valence-electron chi connectivity index (χ3n) is 2.99. The number of ether oxygens (including phenoxy) is 1. The fourth-order valence-corrected chi connectivity index (χ4v) is 1.96. The minimum absolute atomic E-state index is 0.141. The van der Waals surface area contributed by atoms with Crippen LogP contribution in [0.1, 0.15) is 43.0 Å². The van der Waals surface area contributed by atoms with Crippen LogP contribution in [-0.4, -0.2) is 18.0 Å². The second-order valence-electron chi connectivity index (χ2n) is 4.32. The lowest BCUT2D eigenvalue weighted by Crippen LogP contribution is -2.10. The second-order valence-corrected chi connectivity index (χ2v) is 4.32. The van der Waals surface area contributed by atoms with Crippen LogP contribution in [0.15, 0.2) is 30.3 Å². The molecule has 1 aromatic rings. The zero-order valence-electron chi connectivity index (χ0n) is 9.69. The lowest BCUT2D eigenvalue weighted by molar-refractivity contribution is 0.0953. The molecule has 0 amide bonds. The van der Waals surface area contributed by atoms with E-state index in [1.54, 1.807) is 0 Å². The van der Waals surface area contributed by atoms with E-state index in [4.69, 9.17) is 4.74 Å². The van der Waals surface area contributed by atoms with Crippen LogP contribution in [0.25, 0.3) is 0 Å². The van der Waals surface area contributed by atoms with Crippen LogP contribution in [0.2, 0.25) is 0 Å². The maximum atomic E-state index is 11.9. The van der Waals surface area contributed by atoms with Gasteiger partial charge in [-0.2, -0.15) is 0 Å². The van der Waals surface area contributed by atoms with E-state index in [1.807, 2.05) is 30.3 Å². The number of carbonyl (C=O) groups excluding carboxylic acids is 1. The molecule has 2 nitrogen and oxygen atoms in total. The van der Waals surface area contributed by atoms with Crippen LogP contribution in [-0.2, 0) is 4.74 Å². The number of rotatable bonds is 6. The molecule has 1 fully saturated rings. The van der Waals surface area contributed by atoms with Crippen molar-refractivity contribution in [2.24, 2.45) is 0 Å². The molecule has 0 saturated carbocycles. The molecule has 1 aliphatic rings. The zero-order valence-corrected chi connectivity index (χ0v) is 9.69. The van der Waals surface area contributed by atoms with Crippen molar-refractivity contribution in [3.8, 4) is 0 Å². The number of ketones is 1. The van der Waals surface area contributed by atoms with Crippen molar-refractivity contribution in [3.05, 3.63) is 35.9 Å². The lowest BCUT2D eigenvalue weighted by Gasteiger charge is -1.96. The Balaban J connectivity index is 1.81. The number of hydrogen-bond donors (Lipinski definition) is 0. The Morgan fingerprint density at radius 2 is 2.00 bits per heavy atom. The topological polar surface area (TPSA) is 29.6 Å². The molecule has 2 atom stereocenters. The van der Waals surface area contributed by atoms with Gasteiger partial charge in [0.05, 0.1) is 6.10 Å². The zero-order chi connectivity index (χ0) is 11.4. The molecule has 0 N–H and O–H groups in total. The Morgan fingerprint density at radius 3 is 2.69 bits per heavy atom. The summed E-state index contributed by atoms with van der Waals surface area (Å²) in [5, 5.41) is 0. The van der Waals surface area contributed by atoms with Gasteiger partial charge in [-0.1, -0.05) is 56.5 Å².